The number of ether oxygens (including phenoxy) is 1. The van der Waals surface area contributed by atoms with Gasteiger partial charge < -0.3 is 9.64 Å². The van der Waals surface area contributed by atoms with Crippen LogP contribution in [0.5, 0.6) is 0 Å². The fourth-order valence-electron chi connectivity index (χ4n) is 3.48. The van der Waals surface area contributed by atoms with E-state index in [0.29, 0.717) is 0 Å². The Bertz CT molecular complexity index is 908. The number of fused-ring (bicyclic) bond motifs is 1. The smallest absolute Gasteiger partial charge is 0.0946 e. The number of morpholine rings is 1. The zero-order chi connectivity index (χ0) is 17.4. The SMILES string of the molecule is Cc1cc(C)n(CC2CN(c3ccnc4ccc(Br)cc34)CCO2)n1. The van der Waals surface area contributed by atoms with Crippen LogP contribution in [0.3, 0.4) is 0 Å². The van der Waals surface area contributed by atoms with Crippen LogP contribution >= 0.6 is 15.9 Å². The summed E-state index contributed by atoms with van der Waals surface area (Å²) >= 11 is 3.57. The number of aromatic nitrogens is 3. The van der Waals surface area contributed by atoms with Crippen molar-refractivity contribution in [2.75, 3.05) is 24.6 Å². The second-order valence-corrected chi connectivity index (χ2v) is 7.46. The first-order valence-corrected chi connectivity index (χ1v) is 9.31. The Hall–Kier alpha value is -1.92. The lowest BCUT2D eigenvalue weighted by Crippen LogP contribution is -2.44. The summed E-state index contributed by atoms with van der Waals surface area (Å²) in [6, 6.07) is 10.4. The van der Waals surface area contributed by atoms with E-state index in [0.717, 1.165) is 41.9 Å². The number of hydrogen-bond donors (Lipinski definition) is 0. The fraction of sp³-hybridized carbons (Fsp3) is 0.368. The van der Waals surface area contributed by atoms with Crippen LogP contribution in [-0.2, 0) is 11.3 Å². The van der Waals surface area contributed by atoms with E-state index in [-0.39, 0.29) is 6.10 Å². The maximum absolute atomic E-state index is 6.01. The largest absolute Gasteiger partial charge is 0.373 e. The number of hydrogen-bond acceptors (Lipinski definition) is 4. The molecule has 0 bridgehead atoms. The van der Waals surface area contributed by atoms with Crippen molar-refractivity contribution in [2.45, 2.75) is 26.5 Å². The predicted molar refractivity (Wildman–Crippen MR) is 103 cm³/mol. The summed E-state index contributed by atoms with van der Waals surface area (Å²) in [5.41, 5.74) is 4.46. The third-order valence-electron chi connectivity index (χ3n) is 4.64. The highest BCUT2D eigenvalue weighted by Gasteiger charge is 2.23. The van der Waals surface area contributed by atoms with Crippen LogP contribution in [-0.4, -0.2) is 40.6 Å². The maximum Gasteiger partial charge on any atom is 0.0946 e. The van der Waals surface area contributed by atoms with Crippen molar-refractivity contribution in [3.05, 3.63) is 52.4 Å². The number of halogens is 1. The van der Waals surface area contributed by atoms with E-state index >= 15 is 0 Å². The third-order valence-corrected chi connectivity index (χ3v) is 5.13. The van der Waals surface area contributed by atoms with Crippen LogP contribution in [0.15, 0.2) is 41.0 Å². The number of pyridine rings is 1. The van der Waals surface area contributed by atoms with Gasteiger partial charge >= 0.3 is 0 Å². The highest BCUT2D eigenvalue weighted by Crippen LogP contribution is 2.29. The number of aryl methyl sites for hydroxylation is 2. The van der Waals surface area contributed by atoms with Gasteiger partial charge in [-0.1, -0.05) is 15.9 Å². The second kappa shape index (κ2) is 6.77. The van der Waals surface area contributed by atoms with Crippen molar-refractivity contribution < 1.29 is 4.74 Å². The van der Waals surface area contributed by atoms with Gasteiger partial charge in [-0.25, -0.2) is 0 Å². The molecule has 1 unspecified atom stereocenters. The minimum atomic E-state index is 0.127. The first-order chi connectivity index (χ1) is 12.1. The molecule has 6 heteroatoms. The highest BCUT2D eigenvalue weighted by molar-refractivity contribution is 9.10. The zero-order valence-corrected chi connectivity index (χ0v) is 16.0. The topological polar surface area (TPSA) is 43.2 Å². The summed E-state index contributed by atoms with van der Waals surface area (Å²) in [7, 11) is 0. The van der Waals surface area contributed by atoms with E-state index in [2.05, 4.69) is 62.1 Å². The summed E-state index contributed by atoms with van der Waals surface area (Å²) in [5, 5.41) is 5.74. The van der Waals surface area contributed by atoms with Crippen LogP contribution in [0.1, 0.15) is 11.4 Å². The Balaban J connectivity index is 1.59. The van der Waals surface area contributed by atoms with E-state index in [1.807, 2.05) is 23.9 Å². The molecule has 3 heterocycles. The molecule has 1 aliphatic heterocycles. The molecule has 0 N–H and O–H groups in total. The van der Waals surface area contributed by atoms with Gasteiger partial charge in [0.05, 0.1) is 30.5 Å². The molecule has 1 saturated heterocycles. The van der Waals surface area contributed by atoms with Gasteiger partial charge in [-0.15, -0.1) is 0 Å². The van der Waals surface area contributed by atoms with E-state index in [1.165, 1.54) is 16.8 Å². The molecule has 0 saturated carbocycles. The average molecular weight is 401 g/mol. The number of rotatable bonds is 3. The van der Waals surface area contributed by atoms with Crippen molar-refractivity contribution in [3.8, 4) is 0 Å². The number of benzene rings is 1. The zero-order valence-electron chi connectivity index (χ0n) is 14.4. The molecule has 1 fully saturated rings. The molecular weight excluding hydrogens is 380 g/mol. The fourth-order valence-corrected chi connectivity index (χ4v) is 3.84. The molecule has 3 aromatic rings. The lowest BCUT2D eigenvalue weighted by molar-refractivity contribution is 0.0271. The molecule has 4 rings (SSSR count). The first-order valence-electron chi connectivity index (χ1n) is 8.52. The minimum Gasteiger partial charge on any atom is -0.373 e. The Labute approximate surface area is 155 Å². The van der Waals surface area contributed by atoms with Crippen molar-refractivity contribution in [3.63, 3.8) is 0 Å². The Morgan fingerprint density at radius 1 is 1.24 bits per heavy atom. The van der Waals surface area contributed by atoms with Crippen molar-refractivity contribution in [2.24, 2.45) is 0 Å². The van der Waals surface area contributed by atoms with Crippen LogP contribution < -0.4 is 4.90 Å². The van der Waals surface area contributed by atoms with Gasteiger partial charge in [0.2, 0.25) is 0 Å². The van der Waals surface area contributed by atoms with Crippen molar-refractivity contribution in [1.82, 2.24) is 14.8 Å². The Morgan fingerprint density at radius 3 is 2.92 bits per heavy atom. The molecule has 130 valence electrons. The van der Waals surface area contributed by atoms with Crippen LogP contribution in [0.2, 0.25) is 0 Å². The predicted octanol–water partition coefficient (Wildman–Crippen LogP) is 3.72. The summed E-state index contributed by atoms with van der Waals surface area (Å²) in [6.45, 7) is 7.36. The normalized spacial score (nSPS) is 18.0. The molecule has 1 atom stereocenters. The van der Waals surface area contributed by atoms with E-state index in [1.54, 1.807) is 0 Å². The lowest BCUT2D eigenvalue weighted by atomic mass is 10.1. The minimum absolute atomic E-state index is 0.127. The van der Waals surface area contributed by atoms with Gasteiger partial charge in [-0.3, -0.25) is 9.67 Å². The Morgan fingerprint density at radius 2 is 2.12 bits per heavy atom. The standard InChI is InChI=1S/C19H21BrN4O/c1-13-9-14(2)24(22-13)12-16-11-23(7-8-25-16)19-5-6-21-18-4-3-15(20)10-17(18)19/h3-6,9-10,16H,7-8,11-12H2,1-2H3. The average Bonchev–Trinajstić information content (AvgIpc) is 2.91. The third kappa shape index (κ3) is 3.41. The highest BCUT2D eigenvalue weighted by atomic mass is 79.9. The van der Waals surface area contributed by atoms with Gasteiger partial charge in [0.15, 0.2) is 0 Å². The van der Waals surface area contributed by atoms with Crippen molar-refractivity contribution in [1.29, 1.82) is 0 Å². The van der Waals surface area contributed by atoms with Gasteiger partial charge in [0, 0.05) is 40.5 Å². The van der Waals surface area contributed by atoms with E-state index in [9.17, 15) is 0 Å². The summed E-state index contributed by atoms with van der Waals surface area (Å²) in [5.74, 6) is 0. The molecule has 0 aliphatic carbocycles. The lowest BCUT2D eigenvalue weighted by Gasteiger charge is -2.35. The molecule has 1 aliphatic rings. The van der Waals surface area contributed by atoms with Gasteiger partial charge in [-0.2, -0.15) is 5.10 Å². The van der Waals surface area contributed by atoms with Crippen molar-refractivity contribution >= 4 is 32.5 Å². The van der Waals surface area contributed by atoms with E-state index in [4.69, 9.17) is 4.74 Å². The van der Waals surface area contributed by atoms with Crippen LogP contribution in [0.4, 0.5) is 5.69 Å². The second-order valence-electron chi connectivity index (χ2n) is 6.54. The molecule has 5 nitrogen and oxygen atoms in total. The van der Waals surface area contributed by atoms with Gasteiger partial charge in [0.1, 0.15) is 0 Å². The summed E-state index contributed by atoms with van der Waals surface area (Å²) < 4.78 is 9.12. The molecule has 2 aromatic heterocycles. The molecular formula is C19H21BrN4O. The molecule has 0 radical (unpaired) electrons. The number of nitrogens with zero attached hydrogens (tertiary/aromatic N) is 4. The molecule has 1 aromatic carbocycles. The number of anilines is 1. The maximum atomic E-state index is 6.01. The van der Waals surface area contributed by atoms with Crippen LogP contribution in [0.25, 0.3) is 10.9 Å². The van der Waals surface area contributed by atoms with Crippen LogP contribution in [0, 0.1) is 13.8 Å². The quantitative estimate of drug-likeness (QED) is 0.671. The monoisotopic (exact) mass is 400 g/mol. The van der Waals surface area contributed by atoms with E-state index < -0.39 is 0 Å². The Kier molecular flexibility index (Phi) is 4.48. The van der Waals surface area contributed by atoms with Gasteiger partial charge in [-0.05, 0) is 44.2 Å². The molecule has 0 amide bonds. The summed E-state index contributed by atoms with van der Waals surface area (Å²) in [4.78, 5) is 6.89. The molecule has 0 spiro atoms. The van der Waals surface area contributed by atoms with Gasteiger partial charge in [0.25, 0.3) is 0 Å². The first kappa shape index (κ1) is 16.5. The molecule has 25 heavy (non-hydrogen) atoms. The summed E-state index contributed by atoms with van der Waals surface area (Å²) in [6.07, 6.45) is 2.01.